The SMILES string of the molecule is Cc1cc(-c2ccc(N)cc2)c(-c2ccc(N)cc2)c(C)c1OP(=O)(O)O. The van der Waals surface area contributed by atoms with Gasteiger partial charge in [-0.05, 0) is 72.0 Å². The van der Waals surface area contributed by atoms with E-state index in [0.717, 1.165) is 22.3 Å². The van der Waals surface area contributed by atoms with Crippen LogP contribution in [-0.2, 0) is 4.57 Å². The molecule has 0 atom stereocenters. The van der Waals surface area contributed by atoms with Crippen molar-refractivity contribution in [3.05, 3.63) is 65.7 Å². The Morgan fingerprint density at radius 1 is 0.852 bits per heavy atom. The lowest BCUT2D eigenvalue weighted by atomic mass is 9.88. The standard InChI is InChI=1S/C20H21N2O4P/c1-12-11-18(14-3-7-16(21)8-4-14)19(15-5-9-17(22)10-6-15)13(2)20(12)26-27(23,24)25/h3-11H,21-22H2,1-2H3,(H2,23,24,25). The number of anilines is 2. The lowest BCUT2D eigenvalue weighted by Crippen LogP contribution is -2.00. The molecule has 0 radical (unpaired) electrons. The molecule has 0 heterocycles. The Bertz CT molecular complexity index is 1030. The second kappa shape index (κ2) is 7.08. The minimum absolute atomic E-state index is 0.175. The zero-order chi connectivity index (χ0) is 19.8. The maximum Gasteiger partial charge on any atom is 0.524 e. The van der Waals surface area contributed by atoms with E-state index in [1.165, 1.54) is 0 Å². The molecular weight excluding hydrogens is 363 g/mol. The number of hydrogen-bond acceptors (Lipinski definition) is 4. The number of nitrogens with two attached hydrogens (primary N) is 2. The largest absolute Gasteiger partial charge is 0.524 e. The van der Waals surface area contributed by atoms with Gasteiger partial charge in [-0.3, -0.25) is 9.79 Å². The van der Waals surface area contributed by atoms with Crippen LogP contribution in [0.25, 0.3) is 22.3 Å². The fourth-order valence-corrected chi connectivity index (χ4v) is 3.66. The molecule has 0 aromatic heterocycles. The normalized spacial score (nSPS) is 11.4. The van der Waals surface area contributed by atoms with Gasteiger partial charge in [0, 0.05) is 16.9 Å². The first-order valence-corrected chi connectivity index (χ1v) is 9.80. The van der Waals surface area contributed by atoms with E-state index in [0.29, 0.717) is 22.5 Å². The predicted molar refractivity (Wildman–Crippen MR) is 108 cm³/mol. The molecule has 0 spiro atoms. The molecule has 0 amide bonds. The molecule has 7 heteroatoms. The van der Waals surface area contributed by atoms with Gasteiger partial charge >= 0.3 is 7.82 Å². The van der Waals surface area contributed by atoms with Crippen LogP contribution in [0.1, 0.15) is 11.1 Å². The van der Waals surface area contributed by atoms with Gasteiger partial charge in [-0.25, -0.2) is 4.57 Å². The first kappa shape index (κ1) is 19.0. The number of hydrogen-bond donors (Lipinski definition) is 4. The highest BCUT2D eigenvalue weighted by Crippen LogP contribution is 2.46. The van der Waals surface area contributed by atoms with Crippen molar-refractivity contribution in [1.29, 1.82) is 0 Å². The number of benzene rings is 3. The van der Waals surface area contributed by atoms with Gasteiger partial charge in [0.15, 0.2) is 0 Å². The Kier molecular flexibility index (Phi) is 4.98. The van der Waals surface area contributed by atoms with E-state index in [9.17, 15) is 14.4 Å². The van der Waals surface area contributed by atoms with Gasteiger partial charge in [0.2, 0.25) is 0 Å². The fraction of sp³-hybridized carbons (Fsp3) is 0.100. The molecule has 140 valence electrons. The molecule has 0 unspecified atom stereocenters. The molecule has 6 nitrogen and oxygen atoms in total. The fourth-order valence-electron chi connectivity index (χ4n) is 3.14. The molecule has 0 saturated carbocycles. The first-order valence-electron chi connectivity index (χ1n) is 8.27. The summed E-state index contributed by atoms with van der Waals surface area (Å²) in [6.07, 6.45) is 0. The van der Waals surface area contributed by atoms with E-state index >= 15 is 0 Å². The number of phosphoric ester groups is 1. The highest BCUT2D eigenvalue weighted by Gasteiger charge is 2.23. The molecule has 3 aromatic carbocycles. The van der Waals surface area contributed by atoms with Crippen molar-refractivity contribution in [3.63, 3.8) is 0 Å². The van der Waals surface area contributed by atoms with Crippen molar-refractivity contribution in [2.75, 3.05) is 11.5 Å². The van der Waals surface area contributed by atoms with Gasteiger partial charge in [0.25, 0.3) is 0 Å². The van der Waals surface area contributed by atoms with E-state index in [4.69, 9.17) is 16.0 Å². The molecule has 0 fully saturated rings. The number of rotatable bonds is 4. The average Bonchev–Trinajstić information content (AvgIpc) is 2.59. The molecular formula is C20H21N2O4P. The molecule has 0 bridgehead atoms. The third-order valence-electron chi connectivity index (χ3n) is 4.34. The van der Waals surface area contributed by atoms with E-state index < -0.39 is 7.82 Å². The summed E-state index contributed by atoms with van der Waals surface area (Å²) < 4.78 is 16.4. The van der Waals surface area contributed by atoms with Crippen molar-refractivity contribution in [2.45, 2.75) is 13.8 Å². The van der Waals surface area contributed by atoms with Crippen LogP contribution in [0.2, 0.25) is 0 Å². The second-order valence-corrected chi connectivity index (χ2v) is 7.56. The van der Waals surface area contributed by atoms with E-state index in [1.807, 2.05) is 42.5 Å². The highest BCUT2D eigenvalue weighted by molar-refractivity contribution is 7.46. The minimum Gasteiger partial charge on any atom is -0.404 e. The van der Waals surface area contributed by atoms with Gasteiger partial charge in [-0.1, -0.05) is 24.3 Å². The first-order chi connectivity index (χ1) is 12.7. The zero-order valence-electron chi connectivity index (χ0n) is 15.0. The molecule has 3 aromatic rings. The van der Waals surface area contributed by atoms with Crippen molar-refractivity contribution < 1.29 is 18.9 Å². The summed E-state index contributed by atoms with van der Waals surface area (Å²) in [5, 5.41) is 0. The Labute approximate surface area is 157 Å². The topological polar surface area (TPSA) is 119 Å². The number of phosphoric acid groups is 1. The highest BCUT2D eigenvalue weighted by atomic mass is 31.2. The second-order valence-electron chi connectivity index (χ2n) is 6.40. The molecule has 27 heavy (non-hydrogen) atoms. The predicted octanol–water partition coefficient (Wildman–Crippen LogP) is 4.27. The van der Waals surface area contributed by atoms with Crippen LogP contribution in [0.15, 0.2) is 54.6 Å². The van der Waals surface area contributed by atoms with Crippen molar-refractivity contribution in [3.8, 4) is 28.0 Å². The maximum absolute atomic E-state index is 11.4. The summed E-state index contributed by atoms with van der Waals surface area (Å²) in [5.41, 5.74) is 17.7. The quantitative estimate of drug-likeness (QED) is 0.394. The van der Waals surface area contributed by atoms with Gasteiger partial charge < -0.3 is 16.0 Å². The molecule has 0 saturated heterocycles. The summed E-state index contributed by atoms with van der Waals surface area (Å²) >= 11 is 0. The van der Waals surface area contributed by atoms with Crippen LogP contribution < -0.4 is 16.0 Å². The van der Waals surface area contributed by atoms with Gasteiger partial charge in [0.1, 0.15) is 5.75 Å². The summed E-state index contributed by atoms with van der Waals surface area (Å²) in [6.45, 7) is 3.54. The minimum atomic E-state index is -4.69. The van der Waals surface area contributed by atoms with Crippen LogP contribution in [0.3, 0.4) is 0 Å². The maximum atomic E-state index is 11.4. The van der Waals surface area contributed by atoms with E-state index in [-0.39, 0.29) is 5.75 Å². The molecule has 3 rings (SSSR count). The average molecular weight is 384 g/mol. The Balaban J connectivity index is 2.30. The van der Waals surface area contributed by atoms with E-state index in [1.54, 1.807) is 26.0 Å². The molecule has 6 N–H and O–H groups in total. The molecule has 0 aliphatic heterocycles. The van der Waals surface area contributed by atoms with Crippen LogP contribution in [0.5, 0.6) is 5.75 Å². The number of aryl methyl sites for hydroxylation is 1. The van der Waals surface area contributed by atoms with Crippen LogP contribution >= 0.6 is 7.82 Å². The van der Waals surface area contributed by atoms with Crippen molar-refractivity contribution >= 4 is 19.2 Å². The van der Waals surface area contributed by atoms with Crippen LogP contribution in [-0.4, -0.2) is 9.79 Å². The van der Waals surface area contributed by atoms with Gasteiger partial charge in [-0.15, -0.1) is 0 Å². The lowest BCUT2D eigenvalue weighted by molar-refractivity contribution is 0.282. The Morgan fingerprint density at radius 2 is 1.33 bits per heavy atom. The zero-order valence-corrected chi connectivity index (χ0v) is 15.9. The molecule has 0 aliphatic carbocycles. The monoisotopic (exact) mass is 384 g/mol. The van der Waals surface area contributed by atoms with Gasteiger partial charge in [-0.2, -0.15) is 0 Å². The smallest absolute Gasteiger partial charge is 0.404 e. The van der Waals surface area contributed by atoms with E-state index in [2.05, 4.69) is 0 Å². The summed E-state index contributed by atoms with van der Waals surface area (Å²) in [6, 6.07) is 16.6. The summed E-state index contributed by atoms with van der Waals surface area (Å²) in [7, 11) is -4.69. The summed E-state index contributed by atoms with van der Waals surface area (Å²) in [5.74, 6) is 0.175. The summed E-state index contributed by atoms with van der Waals surface area (Å²) in [4.78, 5) is 18.6. The van der Waals surface area contributed by atoms with Crippen LogP contribution in [0, 0.1) is 13.8 Å². The van der Waals surface area contributed by atoms with Crippen molar-refractivity contribution in [2.24, 2.45) is 0 Å². The molecule has 0 aliphatic rings. The van der Waals surface area contributed by atoms with Crippen molar-refractivity contribution in [1.82, 2.24) is 0 Å². The Hall–Kier alpha value is -2.79. The third-order valence-corrected chi connectivity index (χ3v) is 4.76. The van der Waals surface area contributed by atoms with Gasteiger partial charge in [0.05, 0.1) is 0 Å². The number of nitrogen functional groups attached to an aromatic ring is 2. The lowest BCUT2D eigenvalue weighted by Gasteiger charge is -2.20. The Morgan fingerprint density at radius 3 is 1.81 bits per heavy atom. The van der Waals surface area contributed by atoms with Crippen LogP contribution in [0.4, 0.5) is 11.4 Å². The third kappa shape index (κ3) is 4.14.